The monoisotopic (exact) mass is 306 g/mol. The van der Waals surface area contributed by atoms with Crippen molar-refractivity contribution in [2.45, 2.75) is 44.9 Å². The van der Waals surface area contributed by atoms with Gasteiger partial charge < -0.3 is 10.5 Å². The summed E-state index contributed by atoms with van der Waals surface area (Å²) >= 11 is 1.75. The van der Waals surface area contributed by atoms with E-state index in [1.807, 2.05) is 24.3 Å². The summed E-state index contributed by atoms with van der Waals surface area (Å²) in [5.74, 6) is 2.17. The molecule has 1 aliphatic rings. The molecule has 0 saturated heterocycles. The van der Waals surface area contributed by atoms with E-state index in [0.29, 0.717) is 13.0 Å². The van der Waals surface area contributed by atoms with Crippen molar-refractivity contribution in [3.8, 4) is 0 Å². The molecular formula is C17H26N2OS. The highest BCUT2D eigenvalue weighted by atomic mass is 32.2. The number of carbonyl (C=O) groups is 1. The topological polar surface area (TPSA) is 55.1 Å². The number of nitrogens with one attached hydrogen (secondary N) is 1. The molecule has 1 aromatic rings. The Morgan fingerprint density at radius 3 is 2.86 bits per heavy atom. The van der Waals surface area contributed by atoms with Crippen LogP contribution in [0.1, 0.15) is 55.3 Å². The lowest BCUT2D eigenvalue weighted by Crippen LogP contribution is -2.08. The zero-order valence-corrected chi connectivity index (χ0v) is 13.5. The number of rotatable bonds is 8. The summed E-state index contributed by atoms with van der Waals surface area (Å²) in [7, 11) is 0. The summed E-state index contributed by atoms with van der Waals surface area (Å²) in [5, 5.41) is 0. The Morgan fingerprint density at radius 1 is 1.29 bits per heavy atom. The summed E-state index contributed by atoms with van der Waals surface area (Å²) in [6, 6.07) is 7.71. The Hall–Kier alpha value is -1.00. The van der Waals surface area contributed by atoms with Gasteiger partial charge in [0.1, 0.15) is 0 Å². The second kappa shape index (κ2) is 9.11. The van der Waals surface area contributed by atoms with Gasteiger partial charge in [-0.25, -0.2) is 0 Å². The molecule has 0 aliphatic heterocycles. The number of hydrogen-bond donors (Lipinski definition) is 2. The zero-order chi connectivity index (χ0) is 14.9. The Kier molecular flexibility index (Phi) is 7.10. The van der Waals surface area contributed by atoms with E-state index in [4.69, 9.17) is 5.73 Å². The molecule has 0 aromatic heterocycles. The van der Waals surface area contributed by atoms with E-state index in [2.05, 4.69) is 4.72 Å². The first-order valence-electron chi connectivity index (χ1n) is 8.00. The van der Waals surface area contributed by atoms with Gasteiger partial charge in [-0.2, -0.15) is 0 Å². The first kappa shape index (κ1) is 16.4. The van der Waals surface area contributed by atoms with E-state index in [1.54, 1.807) is 11.9 Å². The molecule has 0 heterocycles. The Morgan fingerprint density at radius 2 is 2.10 bits per heavy atom. The van der Waals surface area contributed by atoms with Crippen LogP contribution in [-0.2, 0) is 0 Å². The van der Waals surface area contributed by atoms with Crippen LogP contribution in [-0.4, -0.2) is 18.1 Å². The molecule has 1 aromatic carbocycles. The van der Waals surface area contributed by atoms with Gasteiger partial charge >= 0.3 is 0 Å². The van der Waals surface area contributed by atoms with Gasteiger partial charge in [0.25, 0.3) is 0 Å². The average Bonchev–Trinajstić information content (AvgIpc) is 2.53. The second-order valence-corrected chi connectivity index (χ2v) is 6.69. The summed E-state index contributed by atoms with van der Waals surface area (Å²) in [6.45, 7) is 0.409. The number of hydrogen-bond acceptors (Lipinski definition) is 4. The Labute approximate surface area is 132 Å². The lowest BCUT2D eigenvalue weighted by molar-refractivity contribution is 0.0985. The molecule has 1 fully saturated rings. The molecular weight excluding hydrogens is 280 g/mol. The molecule has 0 amide bonds. The molecule has 0 bridgehead atoms. The van der Waals surface area contributed by atoms with Gasteiger partial charge in [0, 0.05) is 23.4 Å². The summed E-state index contributed by atoms with van der Waals surface area (Å²) in [5.41, 5.74) is 7.19. The smallest absolute Gasteiger partial charge is 0.164 e. The fourth-order valence-corrected chi connectivity index (χ4v) is 3.71. The molecule has 3 nitrogen and oxygen atoms in total. The minimum absolute atomic E-state index is 0.119. The minimum atomic E-state index is 0.119. The Bertz CT molecular complexity index is 444. The van der Waals surface area contributed by atoms with Crippen molar-refractivity contribution in [2.75, 3.05) is 17.0 Å². The van der Waals surface area contributed by atoms with Crippen molar-refractivity contribution in [1.29, 1.82) is 0 Å². The summed E-state index contributed by atoms with van der Waals surface area (Å²) in [6.07, 6.45) is 8.77. The average molecular weight is 306 g/mol. The summed E-state index contributed by atoms with van der Waals surface area (Å²) < 4.78 is 3.35. The second-order valence-electron chi connectivity index (χ2n) is 5.79. The molecule has 0 spiro atoms. The van der Waals surface area contributed by atoms with E-state index >= 15 is 0 Å². The molecule has 1 saturated carbocycles. The highest BCUT2D eigenvalue weighted by Gasteiger charge is 2.12. The predicted octanol–water partition coefficient (Wildman–Crippen LogP) is 4.25. The molecule has 1 aliphatic carbocycles. The van der Waals surface area contributed by atoms with Crippen LogP contribution in [0, 0.1) is 5.92 Å². The van der Waals surface area contributed by atoms with Crippen molar-refractivity contribution in [3.05, 3.63) is 29.8 Å². The third-order valence-corrected chi connectivity index (χ3v) is 4.92. The van der Waals surface area contributed by atoms with E-state index in [9.17, 15) is 4.79 Å². The zero-order valence-electron chi connectivity index (χ0n) is 12.6. The maximum Gasteiger partial charge on any atom is 0.164 e. The largest absolute Gasteiger partial charge is 0.330 e. The van der Waals surface area contributed by atoms with Gasteiger partial charge in [0.15, 0.2) is 5.78 Å². The first-order valence-corrected chi connectivity index (χ1v) is 8.99. The molecule has 0 unspecified atom stereocenters. The van der Waals surface area contributed by atoms with Crippen molar-refractivity contribution in [1.82, 2.24) is 0 Å². The van der Waals surface area contributed by atoms with Crippen LogP contribution in [0.15, 0.2) is 24.3 Å². The number of carbonyl (C=O) groups excluding carboxylic acids is 1. The molecule has 3 N–H and O–H groups in total. The number of ketones is 1. The fraction of sp³-hybridized carbons (Fsp3) is 0.588. The van der Waals surface area contributed by atoms with Crippen molar-refractivity contribution < 1.29 is 4.79 Å². The summed E-state index contributed by atoms with van der Waals surface area (Å²) in [4.78, 5) is 11.8. The van der Waals surface area contributed by atoms with Crippen LogP contribution in [0.2, 0.25) is 0 Å². The molecule has 4 heteroatoms. The van der Waals surface area contributed by atoms with Crippen LogP contribution in [0.5, 0.6) is 0 Å². The van der Waals surface area contributed by atoms with Crippen molar-refractivity contribution >= 4 is 23.4 Å². The molecule has 21 heavy (non-hydrogen) atoms. The predicted molar refractivity (Wildman–Crippen MR) is 91.7 cm³/mol. The van der Waals surface area contributed by atoms with Gasteiger partial charge in [0.05, 0.1) is 0 Å². The quantitative estimate of drug-likeness (QED) is 0.428. The minimum Gasteiger partial charge on any atom is -0.330 e. The normalized spacial score (nSPS) is 15.9. The van der Waals surface area contributed by atoms with Crippen LogP contribution in [0.4, 0.5) is 5.69 Å². The van der Waals surface area contributed by atoms with Gasteiger partial charge in [-0.3, -0.25) is 4.79 Å². The first-order chi connectivity index (χ1) is 10.3. The van der Waals surface area contributed by atoms with Gasteiger partial charge in [-0.15, -0.1) is 0 Å². The lowest BCUT2D eigenvalue weighted by atomic mass is 9.88. The molecule has 2 rings (SSSR count). The number of nitrogens with two attached hydrogens (primary N) is 1. The number of anilines is 1. The van der Waals surface area contributed by atoms with Gasteiger partial charge in [-0.1, -0.05) is 56.2 Å². The van der Waals surface area contributed by atoms with Gasteiger partial charge in [-0.05, 0) is 31.0 Å². The van der Waals surface area contributed by atoms with Crippen LogP contribution < -0.4 is 10.5 Å². The van der Waals surface area contributed by atoms with Crippen LogP contribution >= 0.6 is 11.9 Å². The maximum absolute atomic E-state index is 11.8. The van der Waals surface area contributed by atoms with E-state index in [-0.39, 0.29) is 5.78 Å². The van der Waals surface area contributed by atoms with Gasteiger partial charge in [0.2, 0.25) is 0 Å². The third kappa shape index (κ3) is 5.71. The SMILES string of the molecule is NCCC(=O)c1cccc(NSCCC2CCCCC2)c1. The van der Waals surface area contributed by atoms with E-state index < -0.39 is 0 Å². The van der Waals surface area contributed by atoms with Crippen LogP contribution in [0.3, 0.4) is 0 Å². The van der Waals surface area contributed by atoms with Crippen molar-refractivity contribution in [2.24, 2.45) is 11.7 Å². The Balaban J connectivity index is 1.72. The highest BCUT2D eigenvalue weighted by molar-refractivity contribution is 8.00. The number of Topliss-reactive ketones (excluding diaryl/α,β-unsaturated/α-hetero) is 1. The molecule has 116 valence electrons. The third-order valence-electron chi connectivity index (χ3n) is 4.10. The molecule has 0 radical (unpaired) electrons. The standard InChI is InChI=1S/C17H26N2OS/c18-11-9-17(20)15-7-4-8-16(13-15)19-21-12-10-14-5-2-1-3-6-14/h4,7-8,13-14,19H,1-3,5-6,9-12,18H2. The lowest BCUT2D eigenvalue weighted by Gasteiger charge is -2.21. The maximum atomic E-state index is 11.8. The van der Waals surface area contributed by atoms with E-state index in [0.717, 1.165) is 22.9 Å². The van der Waals surface area contributed by atoms with Crippen molar-refractivity contribution in [3.63, 3.8) is 0 Å². The van der Waals surface area contributed by atoms with E-state index in [1.165, 1.54) is 38.5 Å². The number of benzene rings is 1. The van der Waals surface area contributed by atoms with Crippen LogP contribution in [0.25, 0.3) is 0 Å². The fourth-order valence-electron chi connectivity index (χ4n) is 2.87. The molecule has 0 atom stereocenters. The highest BCUT2D eigenvalue weighted by Crippen LogP contribution is 2.27.